The van der Waals surface area contributed by atoms with Gasteiger partial charge in [-0.3, -0.25) is 4.79 Å². The van der Waals surface area contributed by atoms with Crippen LogP contribution in [0.25, 0.3) is 0 Å². The SMILES string of the molecule is CC(=O)N[C@@H](Cc1cc(I)c(O)c(I)c1)C(=O)[O-]. The molecule has 0 heterocycles. The lowest BCUT2D eigenvalue weighted by Gasteiger charge is -2.19. The third kappa shape index (κ3) is 4.26. The molecule has 7 heteroatoms. The molecule has 2 N–H and O–H groups in total. The van der Waals surface area contributed by atoms with Crippen molar-refractivity contribution >= 4 is 57.1 Å². The summed E-state index contributed by atoms with van der Waals surface area (Å²) >= 11 is 3.92. The Balaban J connectivity index is 2.94. The number of amides is 1. The van der Waals surface area contributed by atoms with Gasteiger partial charge in [-0.1, -0.05) is 0 Å². The minimum Gasteiger partial charge on any atom is -0.548 e. The zero-order valence-electron chi connectivity index (χ0n) is 9.37. The van der Waals surface area contributed by atoms with Gasteiger partial charge in [-0.2, -0.15) is 0 Å². The molecular formula is C11H10I2NO4-. The fourth-order valence-corrected chi connectivity index (χ4v) is 3.31. The van der Waals surface area contributed by atoms with Crippen molar-refractivity contribution in [3.63, 3.8) is 0 Å². The molecule has 1 atom stereocenters. The van der Waals surface area contributed by atoms with E-state index in [-0.39, 0.29) is 12.2 Å². The highest BCUT2D eigenvalue weighted by Crippen LogP contribution is 2.27. The van der Waals surface area contributed by atoms with Crippen LogP contribution in [0.3, 0.4) is 0 Å². The van der Waals surface area contributed by atoms with Gasteiger partial charge in [0, 0.05) is 6.92 Å². The first-order valence-electron chi connectivity index (χ1n) is 4.96. The Kier molecular flexibility index (Phi) is 5.63. The predicted octanol–water partition coefficient (Wildman–Crippen LogP) is 0.398. The van der Waals surface area contributed by atoms with E-state index in [4.69, 9.17) is 0 Å². The third-order valence-electron chi connectivity index (χ3n) is 2.18. The lowest BCUT2D eigenvalue weighted by molar-refractivity contribution is -0.308. The number of carboxylic acids is 1. The van der Waals surface area contributed by atoms with E-state index in [1.165, 1.54) is 6.92 Å². The number of benzene rings is 1. The van der Waals surface area contributed by atoms with Gasteiger partial charge in [0.05, 0.1) is 19.2 Å². The maximum Gasteiger partial charge on any atom is 0.217 e. The molecule has 1 rings (SSSR count). The van der Waals surface area contributed by atoms with E-state index in [1.54, 1.807) is 12.1 Å². The van der Waals surface area contributed by atoms with E-state index < -0.39 is 17.9 Å². The maximum atomic E-state index is 10.9. The number of hydrogen-bond acceptors (Lipinski definition) is 4. The first kappa shape index (κ1) is 15.5. The Morgan fingerprint density at radius 1 is 1.39 bits per heavy atom. The van der Waals surface area contributed by atoms with E-state index in [0.29, 0.717) is 12.7 Å². The molecular weight excluding hydrogens is 464 g/mol. The van der Waals surface area contributed by atoms with Crippen LogP contribution in [0.4, 0.5) is 0 Å². The minimum absolute atomic E-state index is 0.119. The molecule has 0 saturated carbocycles. The number of nitrogens with one attached hydrogen (secondary N) is 1. The quantitative estimate of drug-likeness (QED) is 0.619. The van der Waals surface area contributed by atoms with Crippen molar-refractivity contribution in [2.75, 3.05) is 0 Å². The highest BCUT2D eigenvalue weighted by atomic mass is 127. The number of rotatable bonds is 4. The summed E-state index contributed by atoms with van der Waals surface area (Å²) < 4.78 is 1.27. The molecule has 0 aliphatic rings. The Bertz CT molecular complexity index is 467. The molecule has 1 aromatic carbocycles. The summed E-state index contributed by atoms with van der Waals surface area (Å²) in [5.41, 5.74) is 0.713. The topological polar surface area (TPSA) is 89.5 Å². The van der Waals surface area contributed by atoms with Crippen molar-refractivity contribution in [2.45, 2.75) is 19.4 Å². The van der Waals surface area contributed by atoms with Crippen molar-refractivity contribution in [3.05, 3.63) is 24.8 Å². The highest BCUT2D eigenvalue weighted by molar-refractivity contribution is 14.1. The monoisotopic (exact) mass is 474 g/mol. The minimum atomic E-state index is -1.33. The number of carboxylic acid groups (broad SMARTS) is 1. The Morgan fingerprint density at radius 2 is 1.89 bits per heavy atom. The molecule has 0 aliphatic heterocycles. The molecule has 0 spiro atoms. The van der Waals surface area contributed by atoms with Crippen LogP contribution >= 0.6 is 45.2 Å². The smallest absolute Gasteiger partial charge is 0.217 e. The van der Waals surface area contributed by atoms with Crippen molar-refractivity contribution in [1.29, 1.82) is 0 Å². The Morgan fingerprint density at radius 3 is 2.28 bits per heavy atom. The van der Waals surface area contributed by atoms with E-state index in [9.17, 15) is 19.8 Å². The molecule has 0 fully saturated rings. The van der Waals surface area contributed by atoms with Gasteiger partial charge in [-0.05, 0) is 69.3 Å². The molecule has 18 heavy (non-hydrogen) atoms. The summed E-state index contributed by atoms with van der Waals surface area (Å²) in [6.07, 6.45) is 0.119. The van der Waals surface area contributed by atoms with Gasteiger partial charge in [0.15, 0.2) is 0 Å². The fraction of sp³-hybridized carbons (Fsp3) is 0.273. The average molecular weight is 474 g/mol. The number of phenols is 1. The van der Waals surface area contributed by atoms with Crippen molar-refractivity contribution in [1.82, 2.24) is 5.32 Å². The van der Waals surface area contributed by atoms with Crippen LogP contribution in [0, 0.1) is 7.14 Å². The van der Waals surface area contributed by atoms with Crippen molar-refractivity contribution in [3.8, 4) is 5.75 Å². The lowest BCUT2D eigenvalue weighted by atomic mass is 10.1. The van der Waals surface area contributed by atoms with Gasteiger partial charge < -0.3 is 20.3 Å². The molecule has 5 nitrogen and oxygen atoms in total. The highest BCUT2D eigenvalue weighted by Gasteiger charge is 2.14. The summed E-state index contributed by atoms with van der Waals surface area (Å²) in [5.74, 6) is -1.58. The summed E-state index contributed by atoms with van der Waals surface area (Å²) in [7, 11) is 0. The zero-order chi connectivity index (χ0) is 13.9. The van der Waals surface area contributed by atoms with Crippen LogP contribution in [0.2, 0.25) is 0 Å². The fourth-order valence-electron chi connectivity index (χ4n) is 1.41. The summed E-state index contributed by atoms with van der Waals surface area (Å²) in [4.78, 5) is 21.8. The van der Waals surface area contributed by atoms with Gasteiger partial charge in [0.1, 0.15) is 5.75 Å². The van der Waals surface area contributed by atoms with E-state index in [1.807, 2.05) is 45.2 Å². The molecule has 0 unspecified atom stereocenters. The summed E-state index contributed by atoms with van der Waals surface area (Å²) in [5, 5.41) is 22.8. The number of carbonyl (C=O) groups is 2. The molecule has 0 aliphatic carbocycles. The van der Waals surface area contributed by atoms with Gasteiger partial charge in [0.25, 0.3) is 0 Å². The van der Waals surface area contributed by atoms with Gasteiger partial charge in [-0.25, -0.2) is 0 Å². The lowest BCUT2D eigenvalue weighted by Crippen LogP contribution is -2.48. The number of hydrogen-bond donors (Lipinski definition) is 2. The standard InChI is InChI=1S/C11H11I2NO4/c1-5(15)14-9(11(17)18)4-6-2-7(12)10(16)8(13)3-6/h2-3,9,16H,4H2,1H3,(H,14,15)(H,17,18)/p-1/t9-/m0/s1. The van der Waals surface area contributed by atoms with E-state index in [0.717, 1.165) is 0 Å². The first-order chi connectivity index (χ1) is 8.31. The zero-order valence-corrected chi connectivity index (χ0v) is 13.7. The molecule has 0 radical (unpaired) electrons. The van der Waals surface area contributed by atoms with Crippen LogP contribution in [0.1, 0.15) is 12.5 Å². The van der Waals surface area contributed by atoms with Crippen molar-refractivity contribution in [2.24, 2.45) is 0 Å². The van der Waals surface area contributed by atoms with Crippen LogP contribution in [-0.2, 0) is 16.0 Å². The van der Waals surface area contributed by atoms with E-state index >= 15 is 0 Å². The Hall–Kier alpha value is -0.580. The average Bonchev–Trinajstić information content (AvgIpc) is 2.24. The molecule has 1 amide bonds. The number of phenolic OH excluding ortho intramolecular Hbond substituents is 1. The van der Waals surface area contributed by atoms with Gasteiger partial charge >= 0.3 is 0 Å². The van der Waals surface area contributed by atoms with Crippen LogP contribution in [0.5, 0.6) is 5.75 Å². The van der Waals surface area contributed by atoms with E-state index in [2.05, 4.69) is 5.32 Å². The number of aromatic hydroxyl groups is 1. The maximum absolute atomic E-state index is 10.9. The normalized spacial score (nSPS) is 11.9. The molecule has 0 bridgehead atoms. The second-order valence-electron chi connectivity index (χ2n) is 3.68. The van der Waals surface area contributed by atoms with Gasteiger partial charge in [0.2, 0.25) is 5.91 Å². The number of aliphatic carboxylic acids is 1. The molecule has 1 aromatic rings. The van der Waals surface area contributed by atoms with Crippen molar-refractivity contribution < 1.29 is 19.8 Å². The third-order valence-corrected chi connectivity index (χ3v) is 3.82. The Labute approximate surface area is 131 Å². The van der Waals surface area contributed by atoms with Gasteiger partial charge in [-0.15, -0.1) is 0 Å². The first-order valence-corrected chi connectivity index (χ1v) is 7.12. The molecule has 98 valence electrons. The number of halogens is 2. The molecule has 0 aromatic heterocycles. The van der Waals surface area contributed by atoms with Crippen LogP contribution in [0.15, 0.2) is 12.1 Å². The largest absolute Gasteiger partial charge is 0.548 e. The second kappa shape index (κ2) is 6.55. The van der Waals surface area contributed by atoms with Crippen LogP contribution in [-0.4, -0.2) is 23.0 Å². The second-order valence-corrected chi connectivity index (χ2v) is 6.01. The van der Waals surface area contributed by atoms with Crippen LogP contribution < -0.4 is 10.4 Å². The summed E-state index contributed by atoms with van der Waals surface area (Å²) in [6.45, 7) is 1.25. The predicted molar refractivity (Wildman–Crippen MR) is 79.9 cm³/mol. The molecule has 0 saturated heterocycles. The summed E-state index contributed by atoms with van der Waals surface area (Å²) in [6, 6.07) is 2.28. The number of carbonyl (C=O) groups excluding carboxylic acids is 2.